The first-order valence-corrected chi connectivity index (χ1v) is 8.20. The highest BCUT2D eigenvalue weighted by atomic mass is 16.5. The predicted molar refractivity (Wildman–Crippen MR) is 94.3 cm³/mol. The van der Waals surface area contributed by atoms with Gasteiger partial charge >= 0.3 is 0 Å². The van der Waals surface area contributed by atoms with Crippen molar-refractivity contribution in [3.05, 3.63) is 58.9 Å². The summed E-state index contributed by atoms with van der Waals surface area (Å²) in [7, 11) is 0. The quantitative estimate of drug-likeness (QED) is 0.824. The number of hydrogen-bond donors (Lipinski definition) is 0. The fourth-order valence-electron chi connectivity index (χ4n) is 3.15. The topological polar surface area (TPSA) is 34.5 Å². The third-order valence-electron chi connectivity index (χ3n) is 4.22. The van der Waals surface area contributed by atoms with Gasteiger partial charge in [0, 0.05) is 29.4 Å². The summed E-state index contributed by atoms with van der Waals surface area (Å²) in [5, 5.41) is 0. The van der Waals surface area contributed by atoms with E-state index in [4.69, 9.17) is 9.73 Å². The Bertz CT molecular complexity index is 764. The van der Waals surface area contributed by atoms with Crippen molar-refractivity contribution in [3.63, 3.8) is 0 Å². The minimum absolute atomic E-state index is 0.508. The Kier molecular flexibility index (Phi) is 3.97. The molecule has 0 saturated heterocycles. The molecule has 1 aliphatic rings. The fraction of sp³-hybridized carbons (Fsp3) is 0.400. The van der Waals surface area contributed by atoms with Crippen molar-refractivity contribution in [3.8, 4) is 5.75 Å². The summed E-state index contributed by atoms with van der Waals surface area (Å²) in [6, 6.07) is 10.3. The molecule has 0 bridgehead atoms. The second-order valence-electron chi connectivity index (χ2n) is 6.96. The van der Waals surface area contributed by atoms with E-state index in [1.807, 2.05) is 31.3 Å². The van der Waals surface area contributed by atoms with Gasteiger partial charge in [-0.15, -0.1) is 0 Å². The molecule has 3 rings (SSSR count). The zero-order valence-corrected chi connectivity index (χ0v) is 14.6. The maximum atomic E-state index is 6.23. The molecule has 3 nitrogen and oxygen atoms in total. The van der Waals surface area contributed by atoms with Crippen molar-refractivity contribution >= 4 is 5.71 Å². The maximum Gasteiger partial charge on any atom is 0.198 e. The molecule has 0 spiro atoms. The summed E-state index contributed by atoms with van der Waals surface area (Å²) in [5.41, 5.74) is 4.78. The number of pyridine rings is 1. The Labute approximate surface area is 138 Å². The Morgan fingerprint density at radius 1 is 1.17 bits per heavy atom. The molecule has 23 heavy (non-hydrogen) atoms. The van der Waals surface area contributed by atoms with Gasteiger partial charge in [-0.3, -0.25) is 4.98 Å². The van der Waals surface area contributed by atoms with Crippen LogP contribution in [0.25, 0.3) is 0 Å². The summed E-state index contributed by atoms with van der Waals surface area (Å²) in [6.07, 6.45) is 2.79. The average molecular weight is 308 g/mol. The van der Waals surface area contributed by atoms with Crippen molar-refractivity contribution in [1.29, 1.82) is 0 Å². The van der Waals surface area contributed by atoms with Crippen LogP contribution < -0.4 is 4.74 Å². The van der Waals surface area contributed by atoms with Gasteiger partial charge in [-0.2, -0.15) is 0 Å². The van der Waals surface area contributed by atoms with Crippen LogP contribution in [0.4, 0.5) is 0 Å². The number of nitrogens with zero attached hydrogens (tertiary/aromatic N) is 2. The molecule has 1 aromatic carbocycles. The van der Waals surface area contributed by atoms with Gasteiger partial charge in [0.15, 0.2) is 5.72 Å². The Balaban J connectivity index is 2.14. The Morgan fingerprint density at radius 2 is 1.91 bits per heavy atom. The van der Waals surface area contributed by atoms with Gasteiger partial charge in [-0.25, -0.2) is 4.99 Å². The molecule has 1 atom stereocenters. The summed E-state index contributed by atoms with van der Waals surface area (Å²) in [4.78, 5) is 9.50. The zero-order chi connectivity index (χ0) is 16.6. The molecular weight excluding hydrogens is 284 g/mol. The standard InChI is InChI=1S/C20H24N2O/c1-13(2)11-20(5)22-19(16-10-14(3)15(4)21-12-16)17-8-6-7-9-18(17)23-20/h6-10,12-13H,11H2,1-5H3. The average Bonchev–Trinajstić information content (AvgIpc) is 2.48. The minimum atomic E-state index is -0.531. The smallest absolute Gasteiger partial charge is 0.198 e. The number of para-hydroxylation sites is 1. The lowest BCUT2D eigenvalue weighted by molar-refractivity contribution is 0.0712. The Morgan fingerprint density at radius 3 is 2.61 bits per heavy atom. The highest BCUT2D eigenvalue weighted by Gasteiger charge is 2.33. The molecular formula is C20H24N2O. The SMILES string of the molecule is Cc1cc(C2=NC(C)(CC(C)C)Oc3ccccc32)cnc1C. The van der Waals surface area contributed by atoms with E-state index in [9.17, 15) is 0 Å². The normalized spacial score (nSPS) is 20.0. The van der Waals surface area contributed by atoms with E-state index in [0.717, 1.165) is 34.7 Å². The molecule has 2 heterocycles. The lowest BCUT2D eigenvalue weighted by Crippen LogP contribution is -2.37. The van der Waals surface area contributed by atoms with Crippen LogP contribution in [0.2, 0.25) is 0 Å². The number of benzene rings is 1. The zero-order valence-electron chi connectivity index (χ0n) is 14.6. The van der Waals surface area contributed by atoms with Crippen molar-refractivity contribution in [2.75, 3.05) is 0 Å². The third kappa shape index (κ3) is 3.14. The number of rotatable bonds is 3. The molecule has 0 N–H and O–H groups in total. The number of aliphatic imine (C=N–C) groups is 1. The van der Waals surface area contributed by atoms with E-state index >= 15 is 0 Å². The number of fused-ring (bicyclic) bond motifs is 1. The molecule has 1 aromatic heterocycles. The first kappa shape index (κ1) is 15.7. The van der Waals surface area contributed by atoms with Gasteiger partial charge in [-0.05, 0) is 50.5 Å². The van der Waals surface area contributed by atoms with Crippen LogP contribution in [0.1, 0.15) is 49.6 Å². The molecule has 0 amide bonds. The first-order valence-electron chi connectivity index (χ1n) is 8.20. The van der Waals surface area contributed by atoms with E-state index in [-0.39, 0.29) is 0 Å². The molecule has 1 aliphatic heterocycles. The fourth-order valence-corrected chi connectivity index (χ4v) is 3.15. The lowest BCUT2D eigenvalue weighted by Gasteiger charge is -2.34. The number of ether oxygens (including phenoxy) is 1. The molecule has 0 fully saturated rings. The molecule has 3 heteroatoms. The van der Waals surface area contributed by atoms with Gasteiger partial charge in [-0.1, -0.05) is 26.0 Å². The van der Waals surface area contributed by atoms with Crippen LogP contribution in [-0.2, 0) is 0 Å². The second-order valence-corrected chi connectivity index (χ2v) is 6.96. The summed E-state index contributed by atoms with van der Waals surface area (Å²) in [5.74, 6) is 1.41. The maximum absolute atomic E-state index is 6.23. The van der Waals surface area contributed by atoms with E-state index in [0.29, 0.717) is 5.92 Å². The van der Waals surface area contributed by atoms with E-state index in [2.05, 4.69) is 44.8 Å². The van der Waals surface area contributed by atoms with Crippen LogP contribution >= 0.6 is 0 Å². The van der Waals surface area contributed by atoms with Gasteiger partial charge in [0.1, 0.15) is 5.75 Å². The molecule has 1 unspecified atom stereocenters. The van der Waals surface area contributed by atoms with Gasteiger partial charge in [0.2, 0.25) is 0 Å². The number of aromatic nitrogens is 1. The van der Waals surface area contributed by atoms with Crippen LogP contribution in [0.15, 0.2) is 41.5 Å². The lowest BCUT2D eigenvalue weighted by atomic mass is 9.95. The van der Waals surface area contributed by atoms with Gasteiger partial charge in [0.05, 0.1) is 5.71 Å². The van der Waals surface area contributed by atoms with Crippen LogP contribution in [-0.4, -0.2) is 16.4 Å². The summed E-state index contributed by atoms with van der Waals surface area (Å²) in [6.45, 7) is 10.6. The van der Waals surface area contributed by atoms with E-state index in [1.54, 1.807) is 0 Å². The highest BCUT2D eigenvalue weighted by Crippen LogP contribution is 2.35. The van der Waals surface area contributed by atoms with Crippen LogP contribution in [0.3, 0.4) is 0 Å². The monoisotopic (exact) mass is 308 g/mol. The van der Waals surface area contributed by atoms with Gasteiger partial charge < -0.3 is 4.74 Å². The summed E-state index contributed by atoms with van der Waals surface area (Å²) >= 11 is 0. The molecule has 0 aliphatic carbocycles. The largest absolute Gasteiger partial charge is 0.466 e. The van der Waals surface area contributed by atoms with Gasteiger partial charge in [0.25, 0.3) is 0 Å². The van der Waals surface area contributed by atoms with Crippen molar-refractivity contribution in [2.24, 2.45) is 10.9 Å². The number of aryl methyl sites for hydroxylation is 2. The molecule has 0 radical (unpaired) electrons. The molecule has 2 aromatic rings. The Hall–Kier alpha value is -2.16. The predicted octanol–water partition coefficient (Wildman–Crippen LogP) is 4.69. The highest BCUT2D eigenvalue weighted by molar-refractivity contribution is 6.15. The van der Waals surface area contributed by atoms with E-state index in [1.165, 1.54) is 5.56 Å². The van der Waals surface area contributed by atoms with Crippen molar-refractivity contribution < 1.29 is 4.74 Å². The van der Waals surface area contributed by atoms with E-state index < -0.39 is 5.72 Å². The van der Waals surface area contributed by atoms with Crippen LogP contribution in [0, 0.1) is 19.8 Å². The second kappa shape index (κ2) is 5.80. The molecule has 0 saturated carbocycles. The first-order chi connectivity index (χ1) is 10.9. The van der Waals surface area contributed by atoms with Crippen molar-refractivity contribution in [2.45, 2.75) is 46.8 Å². The van der Waals surface area contributed by atoms with Crippen molar-refractivity contribution in [1.82, 2.24) is 4.98 Å². The molecule has 120 valence electrons. The summed E-state index contributed by atoms with van der Waals surface area (Å²) < 4.78 is 6.23. The third-order valence-corrected chi connectivity index (χ3v) is 4.22. The minimum Gasteiger partial charge on any atom is -0.466 e. The van der Waals surface area contributed by atoms with Crippen LogP contribution in [0.5, 0.6) is 5.75 Å². The number of hydrogen-bond acceptors (Lipinski definition) is 3.